The molecule has 0 amide bonds. The molecule has 53 heavy (non-hydrogen) atoms. The van der Waals surface area contributed by atoms with Gasteiger partial charge in [0.25, 0.3) is 0 Å². The van der Waals surface area contributed by atoms with Crippen molar-refractivity contribution >= 4 is 33.4 Å². The van der Waals surface area contributed by atoms with Crippen LogP contribution in [-0.2, 0) is 18.5 Å². The van der Waals surface area contributed by atoms with Crippen LogP contribution in [0.2, 0.25) is 0 Å². The normalized spacial score (nSPS) is 13.5. The zero-order chi connectivity index (χ0) is 39.4. The zero-order valence-corrected chi connectivity index (χ0v) is 25.5. The standard InChI is InChI=1S/C36H7F10N7/c37-33-31-21(29(18(9-48)10-49)28(23(31)14-53)16-3-4-24(34(38,39)40)26(6-16)36(44,45)46)7-20-22(13-52)27(30(32(20)33)19(11-50)12-51)15-1-2-17(8-47)25(5-15)35(41,42)43/h1-7H. The molecular weight excluding hydrogens is 720 g/mol. The molecule has 0 saturated heterocycles. The molecule has 0 heterocycles. The Balaban J connectivity index is 1.96. The quantitative estimate of drug-likeness (QED) is 0.187. The van der Waals surface area contributed by atoms with E-state index in [1.165, 1.54) is 36.4 Å². The van der Waals surface area contributed by atoms with E-state index in [4.69, 9.17) is 0 Å². The summed E-state index contributed by atoms with van der Waals surface area (Å²) in [4.78, 5) is 0. The average molecular weight is 727 g/mol. The van der Waals surface area contributed by atoms with Gasteiger partial charge in [0, 0.05) is 39.0 Å². The van der Waals surface area contributed by atoms with Gasteiger partial charge < -0.3 is 0 Å². The average Bonchev–Trinajstić information content (AvgIpc) is 3.61. The Hall–Kier alpha value is -7.65. The van der Waals surface area contributed by atoms with Crippen LogP contribution in [0.4, 0.5) is 43.9 Å². The first-order chi connectivity index (χ1) is 24.8. The lowest BCUT2D eigenvalue weighted by atomic mass is 9.88. The first-order valence-electron chi connectivity index (χ1n) is 14.0. The third-order valence-electron chi connectivity index (χ3n) is 8.13. The summed E-state index contributed by atoms with van der Waals surface area (Å²) in [6.45, 7) is 0. The largest absolute Gasteiger partial charge is 0.417 e. The molecule has 0 N–H and O–H groups in total. The van der Waals surface area contributed by atoms with Gasteiger partial charge in [0.2, 0.25) is 0 Å². The monoisotopic (exact) mass is 727 g/mol. The van der Waals surface area contributed by atoms with Crippen LogP contribution in [0.5, 0.6) is 0 Å². The molecule has 0 saturated carbocycles. The van der Waals surface area contributed by atoms with Crippen LogP contribution in [0.1, 0.15) is 55.6 Å². The second kappa shape index (κ2) is 12.6. The molecule has 17 heteroatoms. The van der Waals surface area contributed by atoms with E-state index in [1.807, 2.05) is 0 Å². The van der Waals surface area contributed by atoms with Crippen molar-refractivity contribution in [3.8, 4) is 42.5 Å². The van der Waals surface area contributed by atoms with Crippen LogP contribution in [0, 0.1) is 85.1 Å². The van der Waals surface area contributed by atoms with Gasteiger partial charge in [-0.3, -0.25) is 0 Å². The minimum absolute atomic E-state index is 0.0179. The SMILES string of the molecule is N#CC(C#N)=C1C(c2ccc(C(F)(F)F)c(C(F)(F)F)c2)=C(C#N)c2c1cc1c(c2F)C(=C(C#N)C#N)C(c2ccc(C#N)c(C(F)(F)F)c2)=C1C#N. The van der Waals surface area contributed by atoms with E-state index in [1.54, 1.807) is 6.07 Å². The number of alkyl halides is 9. The number of fused-ring (bicyclic) bond motifs is 2. The van der Waals surface area contributed by atoms with E-state index in [9.17, 15) is 76.3 Å². The number of hydrogen-bond acceptors (Lipinski definition) is 7. The van der Waals surface area contributed by atoms with Crippen LogP contribution in [0.15, 0.2) is 53.6 Å². The van der Waals surface area contributed by atoms with Crippen molar-refractivity contribution in [1.29, 1.82) is 36.8 Å². The topological polar surface area (TPSA) is 167 Å². The predicted molar refractivity (Wildman–Crippen MR) is 160 cm³/mol. The number of nitriles is 7. The molecule has 2 aliphatic rings. The number of benzene rings is 3. The fourth-order valence-corrected chi connectivity index (χ4v) is 6.10. The van der Waals surface area contributed by atoms with Crippen molar-refractivity contribution in [3.05, 3.63) is 115 Å². The summed E-state index contributed by atoms with van der Waals surface area (Å²) in [5, 5.41) is 69.1. The van der Waals surface area contributed by atoms with Crippen LogP contribution in [-0.4, -0.2) is 0 Å². The first-order valence-corrected chi connectivity index (χ1v) is 14.0. The molecule has 0 bridgehead atoms. The molecule has 3 aromatic rings. The summed E-state index contributed by atoms with van der Waals surface area (Å²) >= 11 is 0. The van der Waals surface area contributed by atoms with Gasteiger partial charge in [0.15, 0.2) is 0 Å². The van der Waals surface area contributed by atoms with E-state index in [-0.39, 0.29) is 12.1 Å². The lowest BCUT2D eigenvalue weighted by molar-refractivity contribution is -0.162. The highest BCUT2D eigenvalue weighted by atomic mass is 19.4. The molecule has 0 radical (unpaired) electrons. The van der Waals surface area contributed by atoms with Gasteiger partial charge in [-0.25, -0.2) is 4.39 Å². The highest BCUT2D eigenvalue weighted by Crippen LogP contribution is 2.56. The fraction of sp³-hybridized carbons (Fsp3) is 0.0833. The molecule has 3 aromatic carbocycles. The fourth-order valence-electron chi connectivity index (χ4n) is 6.10. The third-order valence-corrected chi connectivity index (χ3v) is 8.13. The van der Waals surface area contributed by atoms with Gasteiger partial charge in [0.1, 0.15) is 53.4 Å². The lowest BCUT2D eigenvalue weighted by Crippen LogP contribution is -2.16. The van der Waals surface area contributed by atoms with Crippen LogP contribution >= 0.6 is 0 Å². The van der Waals surface area contributed by atoms with E-state index < -0.39 is 125 Å². The Bertz CT molecular complexity index is 2620. The van der Waals surface area contributed by atoms with E-state index >= 15 is 4.39 Å². The van der Waals surface area contributed by atoms with Gasteiger partial charge in [-0.2, -0.15) is 76.3 Å². The second-order valence-corrected chi connectivity index (χ2v) is 10.8. The third kappa shape index (κ3) is 5.68. The van der Waals surface area contributed by atoms with Crippen LogP contribution < -0.4 is 0 Å². The molecular formula is C36H7F10N7. The Morgan fingerprint density at radius 3 is 1.42 bits per heavy atom. The molecule has 5 rings (SSSR count). The van der Waals surface area contributed by atoms with Crippen molar-refractivity contribution in [2.45, 2.75) is 18.5 Å². The van der Waals surface area contributed by atoms with E-state index in [0.717, 1.165) is 12.1 Å². The smallest absolute Gasteiger partial charge is 0.206 e. The Morgan fingerprint density at radius 1 is 0.472 bits per heavy atom. The molecule has 256 valence electrons. The van der Waals surface area contributed by atoms with Gasteiger partial charge in [-0.1, -0.05) is 12.1 Å². The highest BCUT2D eigenvalue weighted by molar-refractivity contribution is 6.30. The summed E-state index contributed by atoms with van der Waals surface area (Å²) in [6, 6.07) is 13.6. The Labute approximate surface area is 290 Å². The van der Waals surface area contributed by atoms with E-state index in [0.29, 0.717) is 18.2 Å². The van der Waals surface area contributed by atoms with Gasteiger partial charge in [0.05, 0.1) is 39.5 Å². The highest BCUT2D eigenvalue weighted by Gasteiger charge is 2.45. The lowest BCUT2D eigenvalue weighted by Gasteiger charge is -2.17. The maximum Gasteiger partial charge on any atom is 0.417 e. The van der Waals surface area contributed by atoms with Crippen molar-refractivity contribution < 1.29 is 43.9 Å². The van der Waals surface area contributed by atoms with Crippen molar-refractivity contribution in [2.75, 3.05) is 0 Å². The van der Waals surface area contributed by atoms with Crippen molar-refractivity contribution in [1.82, 2.24) is 0 Å². The van der Waals surface area contributed by atoms with Crippen molar-refractivity contribution in [3.63, 3.8) is 0 Å². The second-order valence-electron chi connectivity index (χ2n) is 10.8. The molecule has 0 fully saturated rings. The molecule has 0 aliphatic heterocycles. The molecule has 0 spiro atoms. The number of halogens is 10. The number of hydrogen-bond donors (Lipinski definition) is 0. The van der Waals surface area contributed by atoms with Crippen LogP contribution in [0.25, 0.3) is 33.4 Å². The maximum atomic E-state index is 17.1. The molecule has 7 nitrogen and oxygen atoms in total. The summed E-state index contributed by atoms with van der Waals surface area (Å²) in [5.74, 6) is -1.59. The minimum Gasteiger partial charge on any atom is -0.206 e. The van der Waals surface area contributed by atoms with E-state index in [2.05, 4.69) is 0 Å². The molecule has 0 aromatic heterocycles. The molecule has 0 unspecified atom stereocenters. The van der Waals surface area contributed by atoms with Crippen molar-refractivity contribution in [2.24, 2.45) is 0 Å². The molecule has 2 aliphatic carbocycles. The maximum absolute atomic E-state index is 17.1. The summed E-state index contributed by atoms with van der Waals surface area (Å²) in [7, 11) is 0. The van der Waals surface area contributed by atoms with Crippen LogP contribution in [0.3, 0.4) is 0 Å². The zero-order valence-electron chi connectivity index (χ0n) is 25.5. The predicted octanol–water partition coefficient (Wildman–Crippen LogP) is 9.25. The van der Waals surface area contributed by atoms with Gasteiger partial charge in [-0.05, 0) is 47.0 Å². The molecule has 0 atom stereocenters. The Morgan fingerprint density at radius 2 is 0.943 bits per heavy atom. The minimum atomic E-state index is -5.64. The first kappa shape index (κ1) is 36.6. The summed E-state index contributed by atoms with van der Waals surface area (Å²) in [6.07, 6.45) is -16.3. The summed E-state index contributed by atoms with van der Waals surface area (Å²) in [5.41, 5.74) is -17.4. The van der Waals surface area contributed by atoms with Gasteiger partial charge in [-0.15, -0.1) is 0 Å². The number of allylic oxidation sites excluding steroid dienone is 8. The number of nitrogens with zero attached hydrogens (tertiary/aromatic N) is 7. The van der Waals surface area contributed by atoms with Gasteiger partial charge >= 0.3 is 18.5 Å². The summed E-state index contributed by atoms with van der Waals surface area (Å²) < 4.78 is 142. The number of rotatable bonds is 2. The Kier molecular flexibility index (Phi) is 8.70.